The van der Waals surface area contributed by atoms with Crippen LogP contribution in [0.1, 0.15) is 46.0 Å². The Hall–Kier alpha value is -0.660. The molecule has 2 heteroatoms. The van der Waals surface area contributed by atoms with Gasteiger partial charge < -0.3 is 4.79 Å². The highest BCUT2D eigenvalue weighted by Crippen LogP contribution is 2.12. The van der Waals surface area contributed by atoms with E-state index in [1.165, 1.54) is 6.42 Å². The molecule has 0 aromatic carbocycles. The van der Waals surface area contributed by atoms with Gasteiger partial charge in [0, 0.05) is 18.8 Å². The van der Waals surface area contributed by atoms with Crippen molar-refractivity contribution in [2.24, 2.45) is 5.92 Å². The van der Waals surface area contributed by atoms with Crippen LogP contribution in [-0.4, -0.2) is 12.1 Å². The van der Waals surface area contributed by atoms with Crippen molar-refractivity contribution < 1.29 is 9.59 Å². The summed E-state index contributed by atoms with van der Waals surface area (Å²) in [5, 5.41) is 0. The van der Waals surface area contributed by atoms with Crippen LogP contribution in [0, 0.1) is 5.92 Å². The zero-order valence-electron chi connectivity index (χ0n) is 8.01. The number of carbonyl (C=O) groups is 2. The van der Waals surface area contributed by atoms with Crippen LogP contribution in [0.25, 0.3) is 0 Å². The van der Waals surface area contributed by atoms with Gasteiger partial charge in [0.15, 0.2) is 0 Å². The van der Waals surface area contributed by atoms with Crippen LogP contribution in [0.5, 0.6) is 0 Å². The zero-order valence-corrected chi connectivity index (χ0v) is 8.01. The molecule has 0 saturated heterocycles. The Morgan fingerprint density at radius 1 is 1.17 bits per heavy atom. The molecule has 1 aliphatic rings. The van der Waals surface area contributed by atoms with E-state index in [1.54, 1.807) is 0 Å². The molecule has 0 radical (unpaired) electrons. The molecule has 1 aliphatic carbocycles. The first-order valence-corrected chi connectivity index (χ1v) is 4.63. The van der Waals surface area contributed by atoms with Crippen molar-refractivity contribution in [1.29, 1.82) is 0 Å². The molecule has 0 bridgehead atoms. The molecule has 2 nitrogen and oxygen atoms in total. The van der Waals surface area contributed by atoms with E-state index >= 15 is 0 Å². The van der Waals surface area contributed by atoms with Crippen LogP contribution in [0.15, 0.2) is 0 Å². The molecule has 0 N–H and O–H groups in total. The van der Waals surface area contributed by atoms with Crippen molar-refractivity contribution >= 4 is 12.1 Å². The van der Waals surface area contributed by atoms with Gasteiger partial charge in [0.05, 0.1) is 0 Å². The van der Waals surface area contributed by atoms with Crippen molar-refractivity contribution in [2.45, 2.75) is 46.0 Å². The first-order valence-electron chi connectivity index (χ1n) is 4.63. The number of hydrogen-bond donors (Lipinski definition) is 0. The summed E-state index contributed by atoms with van der Waals surface area (Å²) < 4.78 is 0. The lowest BCUT2D eigenvalue weighted by molar-refractivity contribution is -0.120. The number of hydrogen-bond acceptors (Lipinski definition) is 2. The van der Waals surface area contributed by atoms with Crippen LogP contribution in [0.3, 0.4) is 0 Å². The number of rotatable bonds is 1. The number of aldehydes is 1. The maximum Gasteiger partial charge on any atom is 0.132 e. The van der Waals surface area contributed by atoms with E-state index < -0.39 is 0 Å². The first-order chi connectivity index (χ1) is 5.66. The van der Waals surface area contributed by atoms with Crippen LogP contribution in [-0.2, 0) is 9.59 Å². The molecule has 12 heavy (non-hydrogen) atoms. The Morgan fingerprint density at radius 3 is 1.75 bits per heavy atom. The molecule has 0 unspecified atom stereocenters. The lowest BCUT2D eigenvalue weighted by atomic mass is 10.00. The molecule has 0 amide bonds. The van der Waals surface area contributed by atoms with Crippen LogP contribution in [0.4, 0.5) is 0 Å². The average Bonchev–Trinajstić information content (AvgIpc) is 2.07. The largest absolute Gasteiger partial charge is 0.303 e. The second-order valence-electron chi connectivity index (χ2n) is 3.48. The summed E-state index contributed by atoms with van der Waals surface area (Å²) in [5.41, 5.74) is 0. The van der Waals surface area contributed by atoms with Gasteiger partial charge in [0.25, 0.3) is 0 Å². The van der Waals surface area contributed by atoms with Crippen molar-refractivity contribution in [3.8, 4) is 0 Å². The molecular weight excluding hydrogens is 152 g/mol. The fourth-order valence-electron chi connectivity index (χ4n) is 0.946. The summed E-state index contributed by atoms with van der Waals surface area (Å²) in [6.45, 7) is 3.71. The molecule has 1 fully saturated rings. The van der Waals surface area contributed by atoms with E-state index in [2.05, 4.69) is 0 Å². The highest BCUT2D eigenvalue weighted by molar-refractivity contribution is 5.78. The lowest BCUT2D eigenvalue weighted by Crippen LogP contribution is -2.02. The van der Waals surface area contributed by atoms with Gasteiger partial charge in [-0.15, -0.1) is 0 Å². The zero-order chi connectivity index (χ0) is 9.40. The molecule has 1 saturated carbocycles. The Kier molecular flexibility index (Phi) is 6.63. The van der Waals surface area contributed by atoms with E-state index in [-0.39, 0.29) is 5.92 Å². The van der Waals surface area contributed by atoms with E-state index in [0.29, 0.717) is 5.78 Å². The van der Waals surface area contributed by atoms with E-state index in [9.17, 15) is 9.59 Å². The summed E-state index contributed by atoms with van der Waals surface area (Å²) in [6, 6.07) is 0. The summed E-state index contributed by atoms with van der Waals surface area (Å²) >= 11 is 0. The van der Waals surface area contributed by atoms with Crippen LogP contribution < -0.4 is 0 Å². The molecule has 0 aromatic heterocycles. The van der Waals surface area contributed by atoms with Gasteiger partial charge in [-0.2, -0.15) is 0 Å². The Labute approximate surface area is 74.3 Å². The molecule has 0 heterocycles. The first kappa shape index (κ1) is 11.3. The Balaban J connectivity index is 0.000000217. The number of Topliss-reactive ketones (excluding diaryl/α,β-unsaturated/α-hetero) is 1. The summed E-state index contributed by atoms with van der Waals surface area (Å²) in [5.74, 6) is 0.668. The minimum Gasteiger partial charge on any atom is -0.303 e. The standard InChI is InChI=1S/C6H10O.C4H8O/c7-6-4-2-1-3-5-6;1-4(2)3-5/h1-5H2;3-4H,1-2H3. The normalized spacial score (nSPS) is 16.8. The topological polar surface area (TPSA) is 34.1 Å². The van der Waals surface area contributed by atoms with Crippen molar-refractivity contribution in [3.63, 3.8) is 0 Å². The van der Waals surface area contributed by atoms with Crippen molar-refractivity contribution in [2.75, 3.05) is 0 Å². The molecule has 0 aromatic rings. The molecule has 0 atom stereocenters. The second-order valence-corrected chi connectivity index (χ2v) is 3.48. The summed E-state index contributed by atoms with van der Waals surface area (Å²) in [7, 11) is 0. The maximum atomic E-state index is 10.5. The van der Waals surface area contributed by atoms with Gasteiger partial charge in [-0.3, -0.25) is 4.79 Å². The van der Waals surface area contributed by atoms with Gasteiger partial charge in [0.1, 0.15) is 12.1 Å². The molecule has 0 aliphatic heterocycles. The Bertz CT molecular complexity index is 131. The second kappa shape index (κ2) is 7.01. The highest BCUT2D eigenvalue weighted by atomic mass is 16.1. The quantitative estimate of drug-likeness (QED) is 0.566. The van der Waals surface area contributed by atoms with Crippen LogP contribution in [0.2, 0.25) is 0 Å². The smallest absolute Gasteiger partial charge is 0.132 e. The number of carbonyl (C=O) groups excluding carboxylic acids is 2. The van der Waals surface area contributed by atoms with Gasteiger partial charge in [0.2, 0.25) is 0 Å². The summed E-state index contributed by atoms with van der Waals surface area (Å²) in [4.78, 5) is 20.0. The molecule has 0 spiro atoms. The van der Waals surface area contributed by atoms with E-state index in [0.717, 1.165) is 32.0 Å². The third kappa shape index (κ3) is 7.45. The maximum absolute atomic E-state index is 10.5. The fourth-order valence-corrected chi connectivity index (χ4v) is 0.946. The predicted molar refractivity (Wildman–Crippen MR) is 49.0 cm³/mol. The van der Waals surface area contributed by atoms with Gasteiger partial charge in [-0.1, -0.05) is 20.3 Å². The minimum absolute atomic E-state index is 0.204. The van der Waals surface area contributed by atoms with Gasteiger partial charge >= 0.3 is 0 Å². The van der Waals surface area contributed by atoms with Crippen LogP contribution >= 0.6 is 0 Å². The van der Waals surface area contributed by atoms with E-state index in [4.69, 9.17) is 0 Å². The summed E-state index contributed by atoms with van der Waals surface area (Å²) in [6.07, 6.45) is 6.16. The van der Waals surface area contributed by atoms with E-state index in [1.807, 2.05) is 13.8 Å². The minimum atomic E-state index is 0.204. The molecule has 70 valence electrons. The SMILES string of the molecule is CC(C)C=O.O=C1CCCCC1. The monoisotopic (exact) mass is 170 g/mol. The predicted octanol–water partition coefficient (Wildman–Crippen LogP) is 2.36. The third-order valence-electron chi connectivity index (χ3n) is 1.68. The number of ketones is 1. The lowest BCUT2D eigenvalue weighted by Gasteiger charge is -2.05. The van der Waals surface area contributed by atoms with Crippen molar-refractivity contribution in [3.05, 3.63) is 0 Å². The van der Waals surface area contributed by atoms with Gasteiger partial charge in [-0.25, -0.2) is 0 Å². The third-order valence-corrected chi connectivity index (χ3v) is 1.68. The van der Waals surface area contributed by atoms with Crippen molar-refractivity contribution in [1.82, 2.24) is 0 Å². The molecular formula is C10H18O2. The molecule has 1 rings (SSSR count). The highest BCUT2D eigenvalue weighted by Gasteiger charge is 2.05. The average molecular weight is 170 g/mol. The Morgan fingerprint density at radius 2 is 1.58 bits per heavy atom. The fraction of sp³-hybridized carbons (Fsp3) is 0.800. The van der Waals surface area contributed by atoms with Gasteiger partial charge in [-0.05, 0) is 12.8 Å².